The van der Waals surface area contributed by atoms with Crippen molar-refractivity contribution in [2.75, 3.05) is 36.5 Å². The molecule has 8 nitrogen and oxygen atoms in total. The molecule has 10 heteroatoms. The van der Waals surface area contributed by atoms with E-state index < -0.39 is 0 Å². The van der Waals surface area contributed by atoms with Crippen molar-refractivity contribution in [1.29, 1.82) is 0 Å². The summed E-state index contributed by atoms with van der Waals surface area (Å²) in [5, 5.41) is 10.3. The third-order valence-electron chi connectivity index (χ3n) is 5.76. The summed E-state index contributed by atoms with van der Waals surface area (Å²) in [6, 6.07) is 7.96. The van der Waals surface area contributed by atoms with Crippen LogP contribution in [0.5, 0.6) is 0 Å². The first kappa shape index (κ1) is 22.7. The first-order valence-corrected chi connectivity index (χ1v) is 12.8. The molecule has 176 valence electrons. The molecule has 1 saturated heterocycles. The molecule has 0 saturated carbocycles. The van der Waals surface area contributed by atoms with Crippen LogP contribution in [0.25, 0.3) is 20.8 Å². The zero-order valence-electron chi connectivity index (χ0n) is 19.3. The lowest BCUT2D eigenvalue weighted by Crippen LogP contribution is -2.36. The standard InChI is InChI=1S/C24H25N5O3S2/c1-14-11-15(2)19(16(3)12-14)25-18(30)13-29-23(31)21-22(20(27-29)17-5-4-10-33-17)34-24(26-21)28-6-8-32-9-7-28/h4-5,10-12H,6-9,13H2,1-3H3,(H,25,30). The normalized spacial score (nSPS) is 14.0. The van der Waals surface area contributed by atoms with Crippen molar-refractivity contribution in [2.45, 2.75) is 27.3 Å². The van der Waals surface area contributed by atoms with Crippen LogP contribution in [0.4, 0.5) is 10.8 Å². The number of ether oxygens (including phenoxy) is 1. The second-order valence-corrected chi connectivity index (χ2v) is 10.3. The number of aromatic nitrogens is 3. The minimum absolute atomic E-state index is 0.190. The number of carbonyl (C=O) groups excluding carboxylic acids is 1. The van der Waals surface area contributed by atoms with E-state index in [0.717, 1.165) is 50.2 Å². The summed E-state index contributed by atoms with van der Waals surface area (Å²) >= 11 is 3.01. The number of nitrogens with one attached hydrogen (secondary N) is 1. The number of morpholine rings is 1. The van der Waals surface area contributed by atoms with Crippen LogP contribution in [0.1, 0.15) is 16.7 Å². The number of anilines is 2. The quantitative estimate of drug-likeness (QED) is 0.451. The van der Waals surface area contributed by atoms with Crippen molar-refractivity contribution < 1.29 is 9.53 Å². The molecule has 1 fully saturated rings. The molecule has 4 aromatic rings. The second-order valence-electron chi connectivity index (χ2n) is 8.38. The van der Waals surface area contributed by atoms with Crippen LogP contribution in [0.15, 0.2) is 34.4 Å². The molecule has 1 aromatic carbocycles. The van der Waals surface area contributed by atoms with Gasteiger partial charge in [0.2, 0.25) is 5.91 Å². The number of rotatable bonds is 5. The van der Waals surface area contributed by atoms with Crippen LogP contribution in [-0.4, -0.2) is 47.0 Å². The molecular formula is C24H25N5O3S2. The minimum atomic E-state index is -0.362. The fourth-order valence-electron chi connectivity index (χ4n) is 4.21. The van der Waals surface area contributed by atoms with Gasteiger partial charge in [0.05, 0.1) is 22.8 Å². The highest BCUT2D eigenvalue weighted by molar-refractivity contribution is 7.23. The maximum Gasteiger partial charge on any atom is 0.294 e. The van der Waals surface area contributed by atoms with Crippen molar-refractivity contribution in [3.63, 3.8) is 0 Å². The number of fused-ring (bicyclic) bond motifs is 1. The molecule has 0 radical (unpaired) electrons. The van der Waals surface area contributed by atoms with Gasteiger partial charge in [-0.25, -0.2) is 9.67 Å². The summed E-state index contributed by atoms with van der Waals surface area (Å²) in [4.78, 5) is 34.0. The van der Waals surface area contributed by atoms with Crippen LogP contribution in [0, 0.1) is 20.8 Å². The van der Waals surface area contributed by atoms with Gasteiger partial charge in [-0.3, -0.25) is 9.59 Å². The number of amides is 1. The maximum atomic E-state index is 13.3. The van der Waals surface area contributed by atoms with Crippen molar-refractivity contribution >= 4 is 49.6 Å². The molecule has 3 aromatic heterocycles. The molecule has 4 heterocycles. The number of aryl methyl sites for hydroxylation is 3. The summed E-state index contributed by atoms with van der Waals surface area (Å²) in [6.45, 7) is 8.48. The van der Waals surface area contributed by atoms with Gasteiger partial charge in [0.1, 0.15) is 12.2 Å². The number of hydrogen-bond donors (Lipinski definition) is 1. The van der Waals surface area contributed by atoms with E-state index in [2.05, 4.69) is 20.3 Å². The van der Waals surface area contributed by atoms with Gasteiger partial charge in [-0.05, 0) is 43.3 Å². The Labute approximate surface area is 204 Å². The predicted molar refractivity (Wildman–Crippen MR) is 137 cm³/mol. The largest absolute Gasteiger partial charge is 0.378 e. The van der Waals surface area contributed by atoms with E-state index in [-0.39, 0.29) is 18.0 Å². The maximum absolute atomic E-state index is 13.3. The monoisotopic (exact) mass is 495 g/mol. The molecule has 0 bridgehead atoms. The first-order valence-electron chi connectivity index (χ1n) is 11.1. The van der Waals surface area contributed by atoms with Crippen LogP contribution >= 0.6 is 22.7 Å². The highest BCUT2D eigenvalue weighted by Gasteiger charge is 2.22. The number of benzene rings is 1. The average molecular weight is 496 g/mol. The van der Waals surface area contributed by atoms with E-state index in [0.29, 0.717) is 24.4 Å². The third-order valence-corrected chi connectivity index (χ3v) is 7.76. The molecular weight excluding hydrogens is 470 g/mol. The number of hydrogen-bond acceptors (Lipinski definition) is 8. The fraction of sp³-hybridized carbons (Fsp3) is 0.333. The van der Waals surface area contributed by atoms with E-state index in [1.807, 2.05) is 50.4 Å². The lowest BCUT2D eigenvalue weighted by atomic mass is 10.1. The zero-order chi connectivity index (χ0) is 23.8. The SMILES string of the molecule is Cc1cc(C)c(NC(=O)Cn2nc(-c3cccs3)c3sc(N4CCOCC4)nc3c2=O)c(C)c1. The highest BCUT2D eigenvalue weighted by Crippen LogP contribution is 2.35. The predicted octanol–water partition coefficient (Wildman–Crippen LogP) is 3.98. The van der Waals surface area contributed by atoms with E-state index in [9.17, 15) is 9.59 Å². The Hall–Kier alpha value is -3.08. The van der Waals surface area contributed by atoms with Gasteiger partial charge in [0.25, 0.3) is 5.56 Å². The van der Waals surface area contributed by atoms with Crippen molar-refractivity contribution in [2.24, 2.45) is 0 Å². The van der Waals surface area contributed by atoms with Crippen LogP contribution in [0.3, 0.4) is 0 Å². The summed E-state index contributed by atoms with van der Waals surface area (Å²) < 4.78 is 7.43. The number of carbonyl (C=O) groups is 1. The molecule has 1 aliphatic heterocycles. The average Bonchev–Trinajstić information content (AvgIpc) is 3.50. The number of nitrogens with zero attached hydrogens (tertiary/aromatic N) is 4. The zero-order valence-corrected chi connectivity index (χ0v) is 20.9. The smallest absolute Gasteiger partial charge is 0.294 e. The number of thiophene rings is 1. The highest BCUT2D eigenvalue weighted by atomic mass is 32.1. The first-order chi connectivity index (χ1) is 16.4. The van der Waals surface area contributed by atoms with Gasteiger partial charge in [-0.2, -0.15) is 5.10 Å². The third kappa shape index (κ3) is 4.36. The van der Waals surface area contributed by atoms with Crippen LogP contribution in [0.2, 0.25) is 0 Å². The molecule has 0 aliphatic carbocycles. The second kappa shape index (κ2) is 9.28. The Morgan fingerprint density at radius 3 is 2.59 bits per heavy atom. The molecule has 0 unspecified atom stereocenters. The molecule has 0 atom stereocenters. The van der Waals surface area contributed by atoms with Gasteiger partial charge in [0.15, 0.2) is 10.6 Å². The number of thiazole rings is 1. The molecule has 1 aliphatic rings. The summed E-state index contributed by atoms with van der Waals surface area (Å²) in [5.41, 5.74) is 4.53. The van der Waals surface area contributed by atoms with Crippen molar-refractivity contribution in [3.05, 3.63) is 56.7 Å². The topological polar surface area (TPSA) is 89.3 Å². The van der Waals surface area contributed by atoms with Crippen LogP contribution in [-0.2, 0) is 16.1 Å². The van der Waals surface area contributed by atoms with Crippen molar-refractivity contribution in [1.82, 2.24) is 14.8 Å². The Morgan fingerprint density at radius 1 is 1.18 bits per heavy atom. The molecule has 1 amide bonds. The fourth-order valence-corrected chi connectivity index (χ4v) is 6.10. The molecule has 0 spiro atoms. The molecule has 1 N–H and O–H groups in total. The van der Waals surface area contributed by atoms with Crippen molar-refractivity contribution in [3.8, 4) is 10.6 Å². The van der Waals surface area contributed by atoms with Gasteiger partial charge in [-0.1, -0.05) is 35.1 Å². The van der Waals surface area contributed by atoms with E-state index in [1.165, 1.54) is 16.0 Å². The molecule has 34 heavy (non-hydrogen) atoms. The van der Waals surface area contributed by atoms with Gasteiger partial charge >= 0.3 is 0 Å². The van der Waals surface area contributed by atoms with Gasteiger partial charge < -0.3 is 15.0 Å². The lowest BCUT2D eigenvalue weighted by Gasteiger charge is -2.25. The summed E-state index contributed by atoms with van der Waals surface area (Å²) in [6.07, 6.45) is 0. The van der Waals surface area contributed by atoms with Crippen LogP contribution < -0.4 is 15.8 Å². The summed E-state index contributed by atoms with van der Waals surface area (Å²) in [7, 11) is 0. The van der Waals surface area contributed by atoms with Gasteiger partial charge in [0, 0.05) is 18.8 Å². The minimum Gasteiger partial charge on any atom is -0.378 e. The van der Waals surface area contributed by atoms with E-state index in [1.54, 1.807) is 11.3 Å². The Morgan fingerprint density at radius 2 is 1.91 bits per heavy atom. The Balaban J connectivity index is 1.53. The Bertz CT molecular complexity index is 1400. The van der Waals surface area contributed by atoms with Gasteiger partial charge in [-0.15, -0.1) is 11.3 Å². The van der Waals surface area contributed by atoms with E-state index >= 15 is 0 Å². The lowest BCUT2D eigenvalue weighted by molar-refractivity contribution is -0.117. The Kier molecular flexibility index (Phi) is 6.20. The van der Waals surface area contributed by atoms with E-state index in [4.69, 9.17) is 4.74 Å². The summed E-state index contributed by atoms with van der Waals surface area (Å²) in [5.74, 6) is -0.301. The molecule has 5 rings (SSSR count).